The molecule has 11 nitrogen and oxygen atoms in total. The van der Waals surface area contributed by atoms with Gasteiger partial charge in [-0.05, 0) is 5.92 Å². The highest BCUT2D eigenvalue weighted by Crippen LogP contribution is 2.09. The van der Waals surface area contributed by atoms with E-state index >= 15 is 0 Å². The van der Waals surface area contributed by atoms with E-state index in [1.165, 1.54) is 12.5 Å². The molecular formula is C16H25N5O6. The lowest BCUT2D eigenvalue weighted by atomic mass is 9.98. The Morgan fingerprint density at radius 2 is 1.89 bits per heavy atom. The molecule has 0 spiro atoms. The molecular weight excluding hydrogens is 358 g/mol. The van der Waals surface area contributed by atoms with Crippen molar-refractivity contribution < 1.29 is 29.4 Å². The van der Waals surface area contributed by atoms with Crippen LogP contribution in [-0.4, -0.2) is 62.1 Å². The molecule has 0 saturated heterocycles. The topological polar surface area (TPSA) is 187 Å². The first-order chi connectivity index (χ1) is 12.6. The van der Waals surface area contributed by atoms with Gasteiger partial charge in [-0.3, -0.25) is 14.4 Å². The molecule has 1 rings (SSSR count). The summed E-state index contributed by atoms with van der Waals surface area (Å²) < 4.78 is 0. The molecule has 0 aromatic carbocycles. The molecule has 27 heavy (non-hydrogen) atoms. The van der Waals surface area contributed by atoms with Crippen LogP contribution in [0.2, 0.25) is 0 Å². The van der Waals surface area contributed by atoms with E-state index in [9.17, 15) is 24.3 Å². The van der Waals surface area contributed by atoms with Gasteiger partial charge in [0.05, 0.1) is 18.8 Å². The van der Waals surface area contributed by atoms with Gasteiger partial charge in [0.25, 0.3) is 0 Å². The van der Waals surface area contributed by atoms with E-state index in [0.29, 0.717) is 12.1 Å². The van der Waals surface area contributed by atoms with Gasteiger partial charge in [-0.25, -0.2) is 9.78 Å². The third-order valence-electron chi connectivity index (χ3n) is 4.12. The monoisotopic (exact) mass is 383 g/mol. The molecule has 0 bridgehead atoms. The molecule has 0 radical (unpaired) electrons. The lowest BCUT2D eigenvalue weighted by Gasteiger charge is -2.24. The summed E-state index contributed by atoms with van der Waals surface area (Å²) in [6.45, 7) is 3.40. The van der Waals surface area contributed by atoms with Crippen LogP contribution in [0, 0.1) is 5.92 Å². The number of H-pyrrole nitrogens is 1. The van der Waals surface area contributed by atoms with E-state index in [4.69, 9.17) is 10.8 Å². The van der Waals surface area contributed by atoms with Gasteiger partial charge in [0.2, 0.25) is 11.8 Å². The highest BCUT2D eigenvalue weighted by atomic mass is 16.4. The van der Waals surface area contributed by atoms with Crippen LogP contribution in [0.4, 0.5) is 0 Å². The van der Waals surface area contributed by atoms with Crippen LogP contribution in [0.1, 0.15) is 32.4 Å². The lowest BCUT2D eigenvalue weighted by Crippen LogP contribution is -2.56. The summed E-state index contributed by atoms with van der Waals surface area (Å²) in [5.41, 5.74) is 6.37. The van der Waals surface area contributed by atoms with Gasteiger partial charge in [-0.15, -0.1) is 0 Å². The number of hydrogen-bond donors (Lipinski definition) is 6. The summed E-state index contributed by atoms with van der Waals surface area (Å²) in [6.07, 6.45) is 2.79. The van der Waals surface area contributed by atoms with Crippen LogP contribution >= 0.6 is 0 Å². The highest BCUT2D eigenvalue weighted by Gasteiger charge is 2.31. The second-order valence-corrected chi connectivity index (χ2v) is 6.26. The number of carboxylic acid groups (broad SMARTS) is 2. The number of nitrogens with one attached hydrogen (secondary N) is 3. The quantitative estimate of drug-likeness (QED) is 0.276. The number of carbonyl (C=O) groups excluding carboxylic acids is 2. The van der Waals surface area contributed by atoms with E-state index < -0.39 is 48.3 Å². The molecule has 2 amide bonds. The fourth-order valence-corrected chi connectivity index (χ4v) is 2.33. The Morgan fingerprint density at radius 3 is 2.37 bits per heavy atom. The molecule has 0 fully saturated rings. The Labute approximate surface area is 155 Å². The van der Waals surface area contributed by atoms with Crippen molar-refractivity contribution in [2.75, 3.05) is 0 Å². The van der Waals surface area contributed by atoms with Crippen LogP contribution in [0.15, 0.2) is 12.5 Å². The van der Waals surface area contributed by atoms with Crippen molar-refractivity contribution in [3.05, 3.63) is 18.2 Å². The fraction of sp³-hybridized carbons (Fsp3) is 0.562. The third kappa shape index (κ3) is 7.05. The van der Waals surface area contributed by atoms with Crippen LogP contribution in [0.3, 0.4) is 0 Å². The van der Waals surface area contributed by atoms with Crippen molar-refractivity contribution >= 4 is 23.8 Å². The molecule has 0 aliphatic rings. The standard InChI is InChI=1S/C16H25N5O6/c1-3-8(2)13(16(26)27)21-15(25)11(5-12(22)23)20-14(24)10(17)4-9-6-18-7-19-9/h6-8,10-11,13H,3-5,17H2,1-2H3,(H,18,19)(H,20,24)(H,21,25)(H,22,23)(H,26,27). The number of carbonyl (C=O) groups is 4. The molecule has 0 saturated carbocycles. The van der Waals surface area contributed by atoms with E-state index in [0.717, 1.165) is 0 Å². The van der Waals surface area contributed by atoms with E-state index in [1.54, 1.807) is 13.8 Å². The second-order valence-electron chi connectivity index (χ2n) is 6.26. The zero-order valence-electron chi connectivity index (χ0n) is 15.1. The number of amides is 2. The minimum absolute atomic E-state index is 0.109. The first-order valence-corrected chi connectivity index (χ1v) is 8.43. The molecule has 7 N–H and O–H groups in total. The van der Waals surface area contributed by atoms with E-state index in [1.807, 2.05) is 0 Å². The largest absolute Gasteiger partial charge is 0.481 e. The highest BCUT2D eigenvalue weighted by molar-refractivity contribution is 5.94. The Bertz CT molecular complexity index is 662. The van der Waals surface area contributed by atoms with E-state index in [-0.39, 0.29) is 12.3 Å². The molecule has 0 aliphatic heterocycles. The summed E-state index contributed by atoms with van der Waals surface area (Å²) in [6, 6.07) is -3.69. The van der Waals surface area contributed by atoms with Crippen LogP contribution < -0.4 is 16.4 Å². The van der Waals surface area contributed by atoms with Crippen molar-refractivity contribution in [3.63, 3.8) is 0 Å². The first-order valence-electron chi connectivity index (χ1n) is 8.43. The first kappa shape index (κ1) is 22.1. The smallest absolute Gasteiger partial charge is 0.326 e. The maximum absolute atomic E-state index is 12.4. The lowest BCUT2D eigenvalue weighted by molar-refractivity contribution is -0.144. The van der Waals surface area contributed by atoms with Gasteiger partial charge in [0.15, 0.2) is 0 Å². The maximum atomic E-state index is 12.4. The summed E-state index contributed by atoms with van der Waals surface area (Å²) in [5, 5.41) is 22.8. The summed E-state index contributed by atoms with van der Waals surface area (Å²) in [5.74, 6) is -4.58. The normalized spacial score (nSPS) is 15.2. The number of aliphatic carboxylic acids is 2. The molecule has 1 aromatic rings. The molecule has 1 aromatic heterocycles. The molecule has 11 heteroatoms. The Hall–Kier alpha value is -2.95. The molecule has 4 unspecified atom stereocenters. The number of nitrogens with two attached hydrogens (primary N) is 1. The second kappa shape index (κ2) is 10.3. The minimum Gasteiger partial charge on any atom is -0.481 e. The van der Waals surface area contributed by atoms with Gasteiger partial charge in [0.1, 0.15) is 12.1 Å². The van der Waals surface area contributed by atoms with Crippen molar-refractivity contribution in [3.8, 4) is 0 Å². The third-order valence-corrected chi connectivity index (χ3v) is 4.12. The predicted molar refractivity (Wildman–Crippen MR) is 93.5 cm³/mol. The Balaban J connectivity index is 2.80. The zero-order chi connectivity index (χ0) is 20.6. The maximum Gasteiger partial charge on any atom is 0.326 e. The van der Waals surface area contributed by atoms with Crippen molar-refractivity contribution in [1.29, 1.82) is 0 Å². The number of aromatic amines is 1. The number of nitrogens with zero attached hydrogens (tertiary/aromatic N) is 1. The molecule has 4 atom stereocenters. The summed E-state index contributed by atoms with van der Waals surface area (Å²) in [4.78, 5) is 53.6. The van der Waals surface area contributed by atoms with E-state index in [2.05, 4.69) is 20.6 Å². The van der Waals surface area contributed by atoms with Crippen LogP contribution in [0.5, 0.6) is 0 Å². The number of aromatic nitrogens is 2. The minimum atomic E-state index is -1.45. The van der Waals surface area contributed by atoms with Crippen molar-refractivity contribution in [1.82, 2.24) is 20.6 Å². The number of carboxylic acids is 2. The van der Waals surface area contributed by atoms with Crippen molar-refractivity contribution in [2.24, 2.45) is 11.7 Å². The van der Waals surface area contributed by atoms with Gasteiger partial charge in [-0.1, -0.05) is 20.3 Å². The molecule has 150 valence electrons. The summed E-state index contributed by atoms with van der Waals surface area (Å²) >= 11 is 0. The summed E-state index contributed by atoms with van der Waals surface area (Å²) in [7, 11) is 0. The Kier molecular flexibility index (Phi) is 8.39. The number of imidazole rings is 1. The van der Waals surface area contributed by atoms with Gasteiger partial charge in [-0.2, -0.15) is 0 Å². The predicted octanol–water partition coefficient (Wildman–Crippen LogP) is -1.15. The van der Waals surface area contributed by atoms with Gasteiger partial charge >= 0.3 is 11.9 Å². The van der Waals surface area contributed by atoms with Gasteiger partial charge in [0, 0.05) is 18.3 Å². The Morgan fingerprint density at radius 1 is 1.22 bits per heavy atom. The fourth-order valence-electron chi connectivity index (χ4n) is 2.33. The zero-order valence-corrected chi connectivity index (χ0v) is 15.1. The SMILES string of the molecule is CCC(C)C(NC(=O)C(CC(=O)O)NC(=O)C(N)Cc1cnc[nH]1)C(=O)O. The number of hydrogen-bond acceptors (Lipinski definition) is 6. The molecule has 1 heterocycles. The van der Waals surface area contributed by atoms with Gasteiger partial charge < -0.3 is 31.6 Å². The average Bonchev–Trinajstić information content (AvgIpc) is 3.10. The average molecular weight is 383 g/mol. The number of rotatable bonds is 11. The molecule has 0 aliphatic carbocycles. The van der Waals surface area contributed by atoms with Crippen LogP contribution in [0.25, 0.3) is 0 Å². The van der Waals surface area contributed by atoms with Crippen LogP contribution in [-0.2, 0) is 25.6 Å². The van der Waals surface area contributed by atoms with Crippen molar-refractivity contribution in [2.45, 2.75) is 51.2 Å².